The van der Waals surface area contributed by atoms with Crippen molar-refractivity contribution in [2.24, 2.45) is 5.92 Å². The Morgan fingerprint density at radius 2 is 1.93 bits per heavy atom. The Kier molecular flexibility index (Phi) is 6.04. The maximum atomic E-state index is 13.0. The monoisotopic (exact) mass is 407 g/mol. The molecule has 158 valence electrons. The first-order chi connectivity index (χ1) is 14.5. The van der Waals surface area contributed by atoms with Crippen LogP contribution in [-0.4, -0.2) is 43.5 Å². The summed E-state index contributed by atoms with van der Waals surface area (Å²) < 4.78 is 5.43. The van der Waals surface area contributed by atoms with Gasteiger partial charge in [0.15, 0.2) is 0 Å². The van der Waals surface area contributed by atoms with E-state index in [9.17, 15) is 9.59 Å². The minimum absolute atomic E-state index is 0.0515. The number of anilines is 2. The Bertz CT molecular complexity index is 937. The maximum absolute atomic E-state index is 13.0. The Hall–Kier alpha value is -2.86. The molecule has 1 atom stereocenters. The van der Waals surface area contributed by atoms with Crippen LogP contribution in [0.3, 0.4) is 0 Å². The summed E-state index contributed by atoms with van der Waals surface area (Å²) in [5.74, 6) is 0.101. The van der Waals surface area contributed by atoms with E-state index in [1.54, 1.807) is 12.0 Å². The fraction of sp³-hybridized carbons (Fsp3) is 0.417. The van der Waals surface area contributed by atoms with Gasteiger partial charge in [0, 0.05) is 25.2 Å². The maximum Gasteiger partial charge on any atom is 0.229 e. The smallest absolute Gasteiger partial charge is 0.229 e. The summed E-state index contributed by atoms with van der Waals surface area (Å²) in [6.45, 7) is 5.38. The molecule has 0 spiro atoms. The molecule has 2 aliphatic rings. The highest BCUT2D eigenvalue weighted by Crippen LogP contribution is 2.34. The van der Waals surface area contributed by atoms with Gasteiger partial charge in [0.25, 0.3) is 0 Å². The second-order valence-corrected chi connectivity index (χ2v) is 8.21. The first-order valence-electron chi connectivity index (χ1n) is 10.6. The number of rotatable bonds is 6. The normalized spacial score (nSPS) is 19.3. The first kappa shape index (κ1) is 20.4. The van der Waals surface area contributed by atoms with Gasteiger partial charge in [-0.15, -0.1) is 0 Å². The van der Waals surface area contributed by atoms with Crippen LogP contribution in [-0.2, 0) is 16.1 Å². The van der Waals surface area contributed by atoms with Gasteiger partial charge in [-0.2, -0.15) is 0 Å². The number of ether oxygens (including phenoxy) is 1. The van der Waals surface area contributed by atoms with Crippen LogP contribution in [0.25, 0.3) is 0 Å². The van der Waals surface area contributed by atoms with Gasteiger partial charge in [0.05, 0.1) is 18.7 Å². The summed E-state index contributed by atoms with van der Waals surface area (Å²) in [7, 11) is 1.59. The van der Waals surface area contributed by atoms with Crippen molar-refractivity contribution in [3.05, 3.63) is 53.6 Å². The number of benzene rings is 2. The quantitative estimate of drug-likeness (QED) is 0.795. The lowest BCUT2D eigenvalue weighted by atomic mass is 10.1. The summed E-state index contributed by atoms with van der Waals surface area (Å²) in [6.07, 6.45) is 2.67. The number of carbonyl (C=O) groups excluding carboxylic acids is 2. The van der Waals surface area contributed by atoms with Gasteiger partial charge in [-0.1, -0.05) is 24.3 Å². The van der Waals surface area contributed by atoms with E-state index in [4.69, 9.17) is 4.74 Å². The van der Waals surface area contributed by atoms with Crippen molar-refractivity contribution in [3.63, 3.8) is 0 Å². The number of methoxy groups -OCH3 is 1. The predicted molar refractivity (Wildman–Crippen MR) is 118 cm³/mol. The van der Waals surface area contributed by atoms with Crippen LogP contribution < -0.4 is 15.0 Å². The Labute approximate surface area is 177 Å². The zero-order chi connectivity index (χ0) is 21.1. The summed E-state index contributed by atoms with van der Waals surface area (Å²) in [4.78, 5) is 29.8. The van der Waals surface area contributed by atoms with Crippen LogP contribution in [0.15, 0.2) is 42.5 Å². The molecule has 4 rings (SSSR count). The molecule has 2 aromatic carbocycles. The zero-order valence-corrected chi connectivity index (χ0v) is 17.7. The van der Waals surface area contributed by atoms with Crippen LogP contribution in [0.1, 0.15) is 30.4 Å². The molecule has 0 aliphatic carbocycles. The summed E-state index contributed by atoms with van der Waals surface area (Å²) >= 11 is 0. The largest absolute Gasteiger partial charge is 0.495 e. The predicted octanol–water partition coefficient (Wildman–Crippen LogP) is 3.59. The first-order valence-corrected chi connectivity index (χ1v) is 10.6. The van der Waals surface area contributed by atoms with E-state index in [1.165, 1.54) is 12.8 Å². The van der Waals surface area contributed by atoms with Crippen molar-refractivity contribution in [1.82, 2.24) is 4.90 Å². The van der Waals surface area contributed by atoms with E-state index >= 15 is 0 Å². The fourth-order valence-electron chi connectivity index (χ4n) is 4.32. The second-order valence-electron chi connectivity index (χ2n) is 8.21. The van der Waals surface area contributed by atoms with E-state index in [-0.39, 0.29) is 24.2 Å². The van der Waals surface area contributed by atoms with Crippen molar-refractivity contribution in [3.8, 4) is 5.75 Å². The van der Waals surface area contributed by atoms with E-state index < -0.39 is 0 Å². The zero-order valence-electron chi connectivity index (χ0n) is 17.7. The fourth-order valence-corrected chi connectivity index (χ4v) is 4.32. The lowest BCUT2D eigenvalue weighted by Crippen LogP contribution is -2.29. The molecule has 2 aliphatic heterocycles. The van der Waals surface area contributed by atoms with Crippen LogP contribution in [0, 0.1) is 12.8 Å². The lowest BCUT2D eigenvalue weighted by Gasteiger charge is -2.21. The number of aryl methyl sites for hydroxylation is 1. The highest BCUT2D eigenvalue weighted by molar-refractivity contribution is 6.04. The minimum atomic E-state index is -0.387. The van der Waals surface area contributed by atoms with Gasteiger partial charge >= 0.3 is 0 Å². The Morgan fingerprint density at radius 3 is 2.70 bits per heavy atom. The van der Waals surface area contributed by atoms with Crippen molar-refractivity contribution < 1.29 is 14.3 Å². The van der Waals surface area contributed by atoms with Gasteiger partial charge in [-0.05, 0) is 62.2 Å². The van der Waals surface area contributed by atoms with Gasteiger partial charge in [-0.3, -0.25) is 14.5 Å². The number of hydrogen-bond donors (Lipinski definition) is 1. The molecule has 0 aromatic heterocycles. The van der Waals surface area contributed by atoms with Crippen molar-refractivity contribution in [2.45, 2.75) is 32.7 Å². The van der Waals surface area contributed by atoms with Crippen LogP contribution in [0.5, 0.6) is 5.75 Å². The molecule has 6 heteroatoms. The summed E-state index contributed by atoms with van der Waals surface area (Å²) in [5, 5.41) is 3.08. The molecule has 30 heavy (non-hydrogen) atoms. The van der Waals surface area contributed by atoms with Crippen molar-refractivity contribution in [2.75, 3.05) is 37.0 Å². The van der Waals surface area contributed by atoms with Gasteiger partial charge in [-0.25, -0.2) is 0 Å². The molecule has 2 saturated heterocycles. The van der Waals surface area contributed by atoms with Crippen molar-refractivity contribution >= 4 is 23.2 Å². The molecule has 2 heterocycles. The molecular weight excluding hydrogens is 378 g/mol. The number of carbonyl (C=O) groups is 2. The van der Waals surface area contributed by atoms with Crippen LogP contribution in [0.2, 0.25) is 0 Å². The van der Waals surface area contributed by atoms with Crippen molar-refractivity contribution in [1.29, 1.82) is 0 Å². The third-order valence-corrected chi connectivity index (χ3v) is 5.99. The molecule has 1 N–H and O–H groups in total. The number of nitrogens with one attached hydrogen (secondary N) is 1. The third-order valence-electron chi connectivity index (χ3n) is 5.99. The molecule has 6 nitrogen and oxygen atoms in total. The SMILES string of the molecule is COc1ccc(C)cc1N1C[C@@H](C(=O)Nc2ccccc2CN2CCCC2)CC1=O. The van der Waals surface area contributed by atoms with Crippen LogP contribution >= 0.6 is 0 Å². The topological polar surface area (TPSA) is 61.9 Å². The van der Waals surface area contributed by atoms with E-state index in [1.807, 2.05) is 43.3 Å². The molecule has 2 aromatic rings. The van der Waals surface area contributed by atoms with E-state index in [0.717, 1.165) is 42.1 Å². The third kappa shape index (κ3) is 4.33. The highest BCUT2D eigenvalue weighted by atomic mass is 16.5. The summed E-state index contributed by atoms with van der Waals surface area (Å²) in [6, 6.07) is 13.7. The van der Waals surface area contributed by atoms with Crippen LogP contribution in [0.4, 0.5) is 11.4 Å². The average molecular weight is 408 g/mol. The van der Waals surface area contributed by atoms with Gasteiger partial charge < -0.3 is 15.0 Å². The molecule has 0 bridgehead atoms. The highest BCUT2D eigenvalue weighted by Gasteiger charge is 2.36. The number of nitrogens with zero attached hydrogens (tertiary/aromatic N) is 2. The molecule has 2 fully saturated rings. The molecule has 0 radical (unpaired) electrons. The second kappa shape index (κ2) is 8.88. The molecule has 0 unspecified atom stereocenters. The number of likely N-dealkylation sites (tertiary alicyclic amines) is 1. The van der Waals surface area contributed by atoms with E-state index in [0.29, 0.717) is 12.3 Å². The molecule has 0 saturated carbocycles. The summed E-state index contributed by atoms with van der Waals surface area (Å²) in [5.41, 5.74) is 3.73. The minimum Gasteiger partial charge on any atom is -0.495 e. The Morgan fingerprint density at radius 1 is 1.17 bits per heavy atom. The molecule has 2 amide bonds. The lowest BCUT2D eigenvalue weighted by molar-refractivity contribution is -0.122. The van der Waals surface area contributed by atoms with E-state index in [2.05, 4.69) is 16.3 Å². The average Bonchev–Trinajstić information content (AvgIpc) is 3.39. The van der Waals surface area contributed by atoms with Gasteiger partial charge in [0.1, 0.15) is 5.75 Å². The Balaban J connectivity index is 1.47. The van der Waals surface area contributed by atoms with Gasteiger partial charge in [0.2, 0.25) is 11.8 Å². The number of amides is 2. The standard InChI is InChI=1S/C24H29N3O3/c1-17-9-10-22(30-2)21(13-17)27-16-19(14-23(27)28)24(29)25-20-8-4-3-7-18(20)15-26-11-5-6-12-26/h3-4,7-10,13,19H,5-6,11-12,14-16H2,1-2H3,(H,25,29)/t19-/m0/s1. The number of para-hydroxylation sites is 1. The molecular formula is C24H29N3O3. The number of hydrogen-bond acceptors (Lipinski definition) is 4.